The van der Waals surface area contributed by atoms with Gasteiger partial charge in [-0.05, 0) is 55.7 Å². The maximum atomic E-state index is 14.9. The van der Waals surface area contributed by atoms with E-state index < -0.39 is 11.7 Å². The number of halogens is 1. The number of carbonyl (C=O) groups excluding carboxylic acids is 1. The predicted octanol–water partition coefficient (Wildman–Crippen LogP) is 6.21. The fourth-order valence-corrected chi connectivity index (χ4v) is 4.34. The van der Waals surface area contributed by atoms with E-state index in [1.165, 1.54) is 18.6 Å². The van der Waals surface area contributed by atoms with Gasteiger partial charge in [-0.3, -0.25) is 4.79 Å². The van der Waals surface area contributed by atoms with Crippen molar-refractivity contribution in [3.8, 4) is 28.8 Å². The van der Waals surface area contributed by atoms with Gasteiger partial charge in [-0.2, -0.15) is 10.4 Å². The van der Waals surface area contributed by atoms with Gasteiger partial charge in [0.25, 0.3) is 5.91 Å². The van der Waals surface area contributed by atoms with Crippen LogP contribution in [0.1, 0.15) is 57.4 Å². The molecule has 0 unspecified atom stereocenters. The summed E-state index contributed by atoms with van der Waals surface area (Å²) < 4.78 is 22.1. The summed E-state index contributed by atoms with van der Waals surface area (Å²) in [5.74, 6) is -0.687. The first-order chi connectivity index (χ1) is 17.6. The number of nitrogens with zero attached hydrogens (tertiary/aromatic N) is 3. The molecule has 186 valence electrons. The first kappa shape index (κ1) is 25.2. The lowest BCUT2D eigenvalue weighted by Crippen LogP contribution is -2.36. The molecule has 1 amide bonds. The fourth-order valence-electron chi connectivity index (χ4n) is 4.34. The third kappa shape index (κ3) is 6.19. The van der Waals surface area contributed by atoms with Crippen LogP contribution in [0.5, 0.6) is 5.75 Å². The van der Waals surface area contributed by atoms with Crippen molar-refractivity contribution in [1.82, 2.24) is 15.1 Å². The topological polar surface area (TPSA) is 79.9 Å². The van der Waals surface area contributed by atoms with E-state index in [9.17, 15) is 14.4 Å². The van der Waals surface area contributed by atoms with Gasteiger partial charge in [0.2, 0.25) is 0 Å². The van der Waals surface area contributed by atoms with Gasteiger partial charge in [-0.1, -0.05) is 50.8 Å². The zero-order valence-electron chi connectivity index (χ0n) is 20.5. The quantitative estimate of drug-likeness (QED) is 0.221. The average molecular weight is 487 g/mol. The zero-order chi connectivity index (χ0) is 25.3. The van der Waals surface area contributed by atoms with Crippen LogP contribution in [0.3, 0.4) is 0 Å². The molecule has 6 nitrogen and oxygen atoms in total. The number of amides is 1. The molecule has 1 aromatic heterocycles. The Hall–Kier alpha value is -3.92. The highest BCUT2D eigenvalue weighted by Crippen LogP contribution is 2.30. The number of benzene rings is 2. The van der Waals surface area contributed by atoms with Crippen LogP contribution < -0.4 is 10.1 Å². The molecular formula is C29H31FN4O2. The minimum atomic E-state index is -0.483. The van der Waals surface area contributed by atoms with Crippen LogP contribution in [0.2, 0.25) is 0 Å². The first-order valence-corrected chi connectivity index (χ1v) is 12.6. The molecule has 0 spiro atoms. The molecule has 3 aromatic rings. The Balaban J connectivity index is 1.68. The second-order valence-electron chi connectivity index (χ2n) is 9.04. The van der Waals surface area contributed by atoms with Crippen molar-refractivity contribution in [3.05, 3.63) is 71.7 Å². The summed E-state index contributed by atoms with van der Waals surface area (Å²) in [7, 11) is 0. The van der Waals surface area contributed by atoms with Gasteiger partial charge in [0.1, 0.15) is 17.3 Å². The molecule has 4 rings (SSSR count). The van der Waals surface area contributed by atoms with E-state index in [1.54, 1.807) is 23.0 Å². The molecule has 1 heterocycles. The highest BCUT2D eigenvalue weighted by molar-refractivity contribution is 6.02. The van der Waals surface area contributed by atoms with Crippen LogP contribution in [-0.4, -0.2) is 28.3 Å². The number of ether oxygens (including phenoxy) is 1. The van der Waals surface area contributed by atoms with Crippen molar-refractivity contribution in [2.45, 2.75) is 57.9 Å². The molecule has 0 saturated heterocycles. The molecule has 0 bridgehead atoms. The van der Waals surface area contributed by atoms with Gasteiger partial charge < -0.3 is 10.1 Å². The van der Waals surface area contributed by atoms with E-state index in [2.05, 4.69) is 10.4 Å². The summed E-state index contributed by atoms with van der Waals surface area (Å²) in [6.07, 6.45) is 10.3. The second kappa shape index (κ2) is 12.2. The number of aromatic nitrogens is 2. The molecule has 0 aliphatic heterocycles. The van der Waals surface area contributed by atoms with Crippen molar-refractivity contribution in [3.63, 3.8) is 0 Å². The van der Waals surface area contributed by atoms with E-state index in [-0.39, 0.29) is 17.4 Å². The number of hydrogen-bond donors (Lipinski definition) is 1. The number of para-hydroxylation sites is 1. The first-order valence-electron chi connectivity index (χ1n) is 12.6. The minimum absolute atomic E-state index is 0.00516. The molecule has 1 fully saturated rings. The average Bonchev–Trinajstić information content (AvgIpc) is 3.33. The highest BCUT2D eigenvalue weighted by atomic mass is 19.1. The van der Waals surface area contributed by atoms with E-state index >= 15 is 0 Å². The summed E-state index contributed by atoms with van der Waals surface area (Å²) >= 11 is 0. The Morgan fingerprint density at radius 1 is 1.22 bits per heavy atom. The number of rotatable bonds is 9. The van der Waals surface area contributed by atoms with E-state index in [4.69, 9.17) is 4.74 Å². The Morgan fingerprint density at radius 3 is 2.69 bits per heavy atom. The van der Waals surface area contributed by atoms with Crippen molar-refractivity contribution in [2.75, 3.05) is 6.61 Å². The maximum Gasteiger partial charge on any atom is 0.262 e. The van der Waals surface area contributed by atoms with Crippen LogP contribution in [0.15, 0.2) is 60.3 Å². The molecular weight excluding hydrogens is 455 g/mol. The number of nitrogens with one attached hydrogen (secondary N) is 1. The van der Waals surface area contributed by atoms with Gasteiger partial charge in [-0.15, -0.1) is 0 Å². The van der Waals surface area contributed by atoms with Crippen molar-refractivity contribution in [2.24, 2.45) is 0 Å². The summed E-state index contributed by atoms with van der Waals surface area (Å²) in [5.41, 5.74) is 2.35. The molecule has 2 aromatic carbocycles. The highest BCUT2D eigenvalue weighted by Gasteiger charge is 2.20. The summed E-state index contributed by atoms with van der Waals surface area (Å²) in [6, 6.07) is 16.3. The molecule has 0 radical (unpaired) electrons. The SMILES string of the molecule is CCCCOc1ccc(-c2nn(-c3ccccc3)cc2C=C(C#N)C(=O)NC2CCCCC2)cc1F. The standard InChI is InChI=1S/C29H31FN4O2/c1-2-3-16-36-27-15-14-21(18-26(27)30)28-23(20-34(33-28)25-12-8-5-9-13-25)17-22(19-31)29(35)32-24-10-6-4-7-11-24/h5,8-9,12-15,17-18,20,24H,2-4,6-7,10-11,16H2,1H3,(H,32,35). The lowest BCUT2D eigenvalue weighted by molar-refractivity contribution is -0.117. The molecule has 1 N–H and O–H groups in total. The summed E-state index contributed by atoms with van der Waals surface area (Å²) in [6.45, 7) is 2.50. The molecule has 0 atom stereocenters. The van der Waals surface area contributed by atoms with Crippen LogP contribution in [0.25, 0.3) is 23.0 Å². The monoisotopic (exact) mass is 486 g/mol. The van der Waals surface area contributed by atoms with Crippen molar-refractivity contribution >= 4 is 12.0 Å². The number of unbranched alkanes of at least 4 members (excludes halogenated alkanes) is 1. The minimum Gasteiger partial charge on any atom is -0.491 e. The number of carbonyl (C=O) groups is 1. The molecule has 1 saturated carbocycles. The summed E-state index contributed by atoms with van der Waals surface area (Å²) in [5, 5.41) is 17.5. The fraction of sp³-hybridized carbons (Fsp3) is 0.345. The molecule has 7 heteroatoms. The van der Waals surface area contributed by atoms with Crippen molar-refractivity contribution in [1.29, 1.82) is 5.26 Å². The second-order valence-corrected chi connectivity index (χ2v) is 9.04. The number of nitriles is 1. The Labute approximate surface area is 211 Å². The smallest absolute Gasteiger partial charge is 0.262 e. The van der Waals surface area contributed by atoms with Gasteiger partial charge in [0, 0.05) is 23.4 Å². The van der Waals surface area contributed by atoms with Crippen LogP contribution >= 0.6 is 0 Å². The third-order valence-electron chi connectivity index (χ3n) is 6.33. The number of hydrogen-bond acceptors (Lipinski definition) is 4. The van der Waals surface area contributed by atoms with Crippen molar-refractivity contribution < 1.29 is 13.9 Å². The normalized spacial score (nSPS) is 14.3. The zero-order valence-corrected chi connectivity index (χ0v) is 20.5. The Morgan fingerprint density at radius 2 is 2.00 bits per heavy atom. The maximum absolute atomic E-state index is 14.9. The van der Waals surface area contributed by atoms with Gasteiger partial charge in [0.05, 0.1) is 12.3 Å². The van der Waals surface area contributed by atoms with Gasteiger partial charge >= 0.3 is 0 Å². The molecule has 1 aliphatic rings. The van der Waals surface area contributed by atoms with E-state index in [0.29, 0.717) is 23.4 Å². The largest absolute Gasteiger partial charge is 0.491 e. The third-order valence-corrected chi connectivity index (χ3v) is 6.33. The van der Waals surface area contributed by atoms with E-state index in [0.717, 1.165) is 44.2 Å². The Kier molecular flexibility index (Phi) is 8.51. The predicted molar refractivity (Wildman–Crippen MR) is 138 cm³/mol. The Bertz CT molecular complexity index is 1250. The lowest BCUT2D eigenvalue weighted by atomic mass is 9.95. The van der Waals surface area contributed by atoms with Crippen LogP contribution in [0, 0.1) is 17.1 Å². The van der Waals surface area contributed by atoms with Crippen LogP contribution in [-0.2, 0) is 4.79 Å². The van der Waals surface area contributed by atoms with Gasteiger partial charge in [0.15, 0.2) is 11.6 Å². The molecule has 1 aliphatic carbocycles. The van der Waals surface area contributed by atoms with E-state index in [1.807, 2.05) is 43.3 Å². The van der Waals surface area contributed by atoms with Crippen LogP contribution in [0.4, 0.5) is 4.39 Å². The molecule has 36 heavy (non-hydrogen) atoms. The van der Waals surface area contributed by atoms with Gasteiger partial charge in [-0.25, -0.2) is 9.07 Å². The summed E-state index contributed by atoms with van der Waals surface area (Å²) in [4.78, 5) is 12.9. The lowest BCUT2D eigenvalue weighted by Gasteiger charge is -2.22.